The molecule has 0 radical (unpaired) electrons. The van der Waals surface area contributed by atoms with Gasteiger partial charge in [-0.1, -0.05) is 41.1 Å². The normalized spacial score (nSPS) is 18.8. The molecule has 3 aromatic rings. The number of nitrogens with zero attached hydrogens (tertiary/aromatic N) is 2. The van der Waals surface area contributed by atoms with Crippen LogP contribution in [0.1, 0.15) is 46.6 Å². The van der Waals surface area contributed by atoms with Crippen LogP contribution in [0.15, 0.2) is 56.1 Å². The monoisotopic (exact) mass is 510 g/mol. The van der Waals surface area contributed by atoms with E-state index in [0.29, 0.717) is 23.1 Å². The van der Waals surface area contributed by atoms with E-state index in [4.69, 9.17) is 9.15 Å². The third-order valence-corrected chi connectivity index (χ3v) is 7.13. The highest BCUT2D eigenvalue weighted by Crippen LogP contribution is 2.38. The fraction of sp³-hybridized carbons (Fsp3) is 0.385. The lowest BCUT2D eigenvalue weighted by Gasteiger charge is -2.29. The highest BCUT2D eigenvalue weighted by Gasteiger charge is 2.42. The van der Waals surface area contributed by atoms with Crippen LogP contribution in [-0.2, 0) is 11.2 Å². The highest BCUT2D eigenvalue weighted by atomic mass is 79.9. The molecule has 1 amide bonds. The van der Waals surface area contributed by atoms with E-state index in [2.05, 4.69) is 27.8 Å². The van der Waals surface area contributed by atoms with Crippen molar-refractivity contribution in [2.24, 2.45) is 0 Å². The molecule has 0 bridgehead atoms. The Balaban J connectivity index is 1.54. The molecule has 33 heavy (non-hydrogen) atoms. The standard InChI is InChI=1S/C26H27BrN2O4/c1-2-17-4-9-21-20(16-17)24(30)22-23(18-5-7-19(27)8-6-18)29(26(31)25(22)33-21)11-3-10-28-12-14-32-15-13-28/h4-9,16,23H,2-3,10-15H2,1H3. The third-order valence-electron chi connectivity index (χ3n) is 6.60. The van der Waals surface area contributed by atoms with E-state index in [0.717, 1.165) is 61.3 Å². The molecule has 0 spiro atoms. The molecule has 1 aromatic heterocycles. The minimum absolute atomic E-state index is 0.113. The number of fused-ring (bicyclic) bond motifs is 2. The molecule has 1 unspecified atom stereocenters. The van der Waals surface area contributed by atoms with Gasteiger partial charge in [0, 0.05) is 30.7 Å². The number of ether oxygens (including phenoxy) is 1. The molecule has 0 N–H and O–H groups in total. The topological polar surface area (TPSA) is 63.0 Å². The van der Waals surface area contributed by atoms with Crippen LogP contribution >= 0.6 is 15.9 Å². The first-order valence-corrected chi connectivity index (χ1v) is 12.3. The van der Waals surface area contributed by atoms with Gasteiger partial charge in [-0.05, 0) is 48.2 Å². The number of rotatable bonds is 6. The van der Waals surface area contributed by atoms with Crippen molar-refractivity contribution in [1.82, 2.24) is 9.80 Å². The van der Waals surface area contributed by atoms with E-state index in [9.17, 15) is 9.59 Å². The summed E-state index contributed by atoms with van der Waals surface area (Å²) in [6.07, 6.45) is 1.65. The second-order valence-electron chi connectivity index (χ2n) is 8.62. The maximum absolute atomic E-state index is 13.7. The van der Waals surface area contributed by atoms with Crippen molar-refractivity contribution in [3.05, 3.63) is 79.6 Å². The molecule has 1 atom stereocenters. The number of halogens is 1. The van der Waals surface area contributed by atoms with E-state index in [-0.39, 0.29) is 17.1 Å². The van der Waals surface area contributed by atoms with Crippen LogP contribution in [0.2, 0.25) is 0 Å². The first-order chi connectivity index (χ1) is 16.1. The molecule has 172 valence electrons. The molecule has 2 aliphatic heterocycles. The van der Waals surface area contributed by atoms with Crippen LogP contribution in [0.4, 0.5) is 0 Å². The lowest BCUT2D eigenvalue weighted by atomic mass is 9.98. The number of amides is 1. The van der Waals surface area contributed by atoms with Crippen LogP contribution in [0.3, 0.4) is 0 Å². The Hall–Kier alpha value is -2.48. The molecule has 3 heterocycles. The number of hydrogen-bond donors (Lipinski definition) is 0. The molecule has 7 heteroatoms. The van der Waals surface area contributed by atoms with Gasteiger partial charge >= 0.3 is 0 Å². The van der Waals surface area contributed by atoms with Crippen LogP contribution < -0.4 is 5.43 Å². The Labute approximate surface area is 201 Å². The van der Waals surface area contributed by atoms with Gasteiger partial charge in [-0.2, -0.15) is 0 Å². The predicted molar refractivity (Wildman–Crippen MR) is 131 cm³/mol. The number of morpholine rings is 1. The van der Waals surface area contributed by atoms with E-state index in [1.807, 2.05) is 36.4 Å². The quantitative estimate of drug-likeness (QED) is 0.492. The molecule has 1 saturated heterocycles. The summed E-state index contributed by atoms with van der Waals surface area (Å²) in [5, 5.41) is 0.540. The zero-order valence-corrected chi connectivity index (χ0v) is 20.3. The maximum Gasteiger partial charge on any atom is 0.290 e. The Kier molecular flexibility index (Phi) is 6.36. The van der Waals surface area contributed by atoms with Crippen molar-refractivity contribution in [3.63, 3.8) is 0 Å². The third kappa shape index (κ3) is 4.25. The number of carbonyl (C=O) groups excluding carboxylic acids is 1. The smallest absolute Gasteiger partial charge is 0.290 e. The van der Waals surface area contributed by atoms with Gasteiger partial charge in [0.2, 0.25) is 5.76 Å². The molecule has 2 aliphatic rings. The zero-order valence-electron chi connectivity index (χ0n) is 18.7. The molecule has 2 aromatic carbocycles. The Bertz CT molecular complexity index is 1230. The van der Waals surface area contributed by atoms with Crippen molar-refractivity contribution >= 4 is 32.8 Å². The van der Waals surface area contributed by atoms with Gasteiger partial charge in [-0.3, -0.25) is 14.5 Å². The van der Waals surface area contributed by atoms with Gasteiger partial charge in [-0.15, -0.1) is 0 Å². The van der Waals surface area contributed by atoms with Crippen LogP contribution in [-0.4, -0.2) is 55.1 Å². The summed E-state index contributed by atoms with van der Waals surface area (Å²) in [6.45, 7) is 6.82. The molecule has 1 fully saturated rings. The Morgan fingerprint density at radius 3 is 2.52 bits per heavy atom. The molecular formula is C26H27BrN2O4. The number of hydrogen-bond acceptors (Lipinski definition) is 5. The Morgan fingerprint density at radius 2 is 1.79 bits per heavy atom. The van der Waals surface area contributed by atoms with Crippen molar-refractivity contribution < 1.29 is 13.9 Å². The van der Waals surface area contributed by atoms with Crippen molar-refractivity contribution in [2.45, 2.75) is 25.8 Å². The summed E-state index contributed by atoms with van der Waals surface area (Å²) >= 11 is 3.49. The van der Waals surface area contributed by atoms with Gasteiger partial charge in [0.1, 0.15) is 5.58 Å². The predicted octanol–water partition coefficient (Wildman–Crippen LogP) is 4.39. The second-order valence-corrected chi connectivity index (χ2v) is 9.53. The van der Waals surface area contributed by atoms with Gasteiger partial charge in [0.25, 0.3) is 5.91 Å². The second kappa shape index (κ2) is 9.41. The number of aryl methyl sites for hydroxylation is 1. The minimum Gasteiger partial charge on any atom is -0.450 e. The fourth-order valence-corrected chi connectivity index (χ4v) is 5.06. The highest BCUT2D eigenvalue weighted by molar-refractivity contribution is 9.10. The summed E-state index contributed by atoms with van der Waals surface area (Å²) in [6, 6.07) is 13.0. The molecular weight excluding hydrogens is 484 g/mol. The Morgan fingerprint density at radius 1 is 1.03 bits per heavy atom. The summed E-state index contributed by atoms with van der Waals surface area (Å²) in [5.41, 5.74) is 2.79. The summed E-state index contributed by atoms with van der Waals surface area (Å²) in [4.78, 5) is 31.3. The average Bonchev–Trinajstić information content (AvgIpc) is 3.12. The van der Waals surface area contributed by atoms with Gasteiger partial charge in [0.05, 0.1) is 30.2 Å². The summed E-state index contributed by atoms with van der Waals surface area (Å²) < 4.78 is 12.5. The van der Waals surface area contributed by atoms with E-state index >= 15 is 0 Å². The molecule has 0 aliphatic carbocycles. The first kappa shape index (κ1) is 22.3. The zero-order chi connectivity index (χ0) is 22.9. The fourth-order valence-electron chi connectivity index (χ4n) is 4.80. The number of carbonyl (C=O) groups is 1. The van der Waals surface area contributed by atoms with E-state index < -0.39 is 6.04 Å². The lowest BCUT2D eigenvalue weighted by Crippen LogP contribution is -2.38. The summed E-state index contributed by atoms with van der Waals surface area (Å²) in [5.74, 6) is -0.0329. The van der Waals surface area contributed by atoms with Gasteiger partial charge in [-0.25, -0.2) is 0 Å². The van der Waals surface area contributed by atoms with Gasteiger partial charge < -0.3 is 14.1 Å². The van der Waals surface area contributed by atoms with Crippen LogP contribution in [0, 0.1) is 0 Å². The largest absolute Gasteiger partial charge is 0.450 e. The minimum atomic E-state index is -0.448. The number of benzene rings is 2. The first-order valence-electron chi connectivity index (χ1n) is 11.5. The maximum atomic E-state index is 13.7. The van der Waals surface area contributed by atoms with E-state index in [1.54, 1.807) is 11.0 Å². The molecule has 0 saturated carbocycles. The van der Waals surface area contributed by atoms with Crippen LogP contribution in [0.25, 0.3) is 11.0 Å². The van der Waals surface area contributed by atoms with Crippen molar-refractivity contribution in [3.8, 4) is 0 Å². The molecule has 5 rings (SSSR count). The van der Waals surface area contributed by atoms with Crippen LogP contribution in [0.5, 0.6) is 0 Å². The average molecular weight is 511 g/mol. The van der Waals surface area contributed by atoms with Crippen molar-refractivity contribution in [2.75, 3.05) is 39.4 Å². The van der Waals surface area contributed by atoms with Gasteiger partial charge in [0.15, 0.2) is 5.43 Å². The SMILES string of the molecule is CCc1ccc2oc3c(c(=O)c2c1)C(c1ccc(Br)cc1)N(CCCN1CCOCC1)C3=O. The lowest BCUT2D eigenvalue weighted by molar-refractivity contribution is 0.0353. The van der Waals surface area contributed by atoms with Crippen molar-refractivity contribution in [1.29, 1.82) is 0 Å². The molecule has 6 nitrogen and oxygen atoms in total. The van der Waals surface area contributed by atoms with E-state index in [1.165, 1.54) is 0 Å². The summed E-state index contributed by atoms with van der Waals surface area (Å²) in [7, 11) is 0.